The van der Waals surface area contributed by atoms with Crippen LogP contribution in [-0.2, 0) is 11.3 Å². The Morgan fingerprint density at radius 1 is 1.40 bits per heavy atom. The molecule has 0 aromatic heterocycles. The number of rotatable bonds is 0. The number of amides is 1. The molecule has 1 saturated heterocycles. The van der Waals surface area contributed by atoms with Gasteiger partial charge in [-0.3, -0.25) is 15.0 Å². The molecule has 108 valence electrons. The van der Waals surface area contributed by atoms with Gasteiger partial charge in [-0.1, -0.05) is 25.1 Å². The average Bonchev–Trinajstić information content (AvgIpc) is 2.61. The molecule has 1 aromatic rings. The minimum atomic E-state index is -5.00. The Morgan fingerprint density at radius 2 is 2.05 bits per heavy atom. The van der Waals surface area contributed by atoms with Crippen LogP contribution in [0.2, 0.25) is 0 Å². The smallest absolute Gasteiger partial charge is 0.372 e. The predicted molar refractivity (Wildman–Crippen MR) is 64.7 cm³/mol. The van der Waals surface area contributed by atoms with Crippen LogP contribution in [0.1, 0.15) is 12.5 Å². The zero-order chi connectivity index (χ0) is 14.7. The van der Waals surface area contributed by atoms with Gasteiger partial charge in [-0.05, 0) is 11.6 Å². The van der Waals surface area contributed by atoms with Gasteiger partial charge in [-0.25, -0.2) is 0 Å². The number of carbonyl (C=O) groups is 1. The second-order valence-electron chi connectivity index (χ2n) is 5.18. The molecule has 0 unspecified atom stereocenters. The molecule has 7 heteroatoms. The number of halogens is 3. The number of anilines is 1. The third-order valence-electron chi connectivity index (χ3n) is 4.14. The van der Waals surface area contributed by atoms with Crippen LogP contribution in [0.25, 0.3) is 0 Å². The van der Waals surface area contributed by atoms with Crippen LogP contribution in [0.4, 0.5) is 18.9 Å². The Bertz CT molecular complexity index is 575. The number of benzene rings is 1. The minimum absolute atomic E-state index is 0.364. The van der Waals surface area contributed by atoms with E-state index in [0.29, 0.717) is 12.2 Å². The number of alkyl halides is 3. The van der Waals surface area contributed by atoms with Gasteiger partial charge in [0.05, 0.1) is 6.17 Å². The molecule has 0 saturated carbocycles. The van der Waals surface area contributed by atoms with E-state index in [9.17, 15) is 23.1 Å². The van der Waals surface area contributed by atoms with E-state index >= 15 is 0 Å². The molecule has 4 nitrogen and oxygen atoms in total. The van der Waals surface area contributed by atoms with Crippen molar-refractivity contribution in [2.75, 3.05) is 4.90 Å². The first-order valence-electron chi connectivity index (χ1n) is 6.22. The molecular formula is C13H13F3N2O2. The van der Waals surface area contributed by atoms with Crippen LogP contribution < -0.4 is 10.2 Å². The molecular weight excluding hydrogens is 273 g/mol. The topological polar surface area (TPSA) is 52.6 Å². The van der Waals surface area contributed by atoms with Crippen molar-refractivity contribution < 1.29 is 23.1 Å². The molecule has 0 spiro atoms. The SMILES string of the molecule is C[C@H]1[C@@H]2NCc3ccccc3N2C(=O)[C@]1(O)C(F)(F)F. The summed E-state index contributed by atoms with van der Waals surface area (Å²) in [7, 11) is 0. The Hall–Kier alpha value is -1.60. The predicted octanol–water partition coefficient (Wildman–Crippen LogP) is 1.39. The molecule has 1 amide bonds. The average molecular weight is 286 g/mol. The summed E-state index contributed by atoms with van der Waals surface area (Å²) in [6, 6.07) is 6.74. The fraction of sp³-hybridized carbons (Fsp3) is 0.462. The highest BCUT2D eigenvalue weighted by atomic mass is 19.4. The second-order valence-corrected chi connectivity index (χ2v) is 5.18. The van der Waals surface area contributed by atoms with Crippen LogP contribution >= 0.6 is 0 Å². The lowest BCUT2D eigenvalue weighted by molar-refractivity contribution is -0.259. The van der Waals surface area contributed by atoms with Gasteiger partial charge in [-0.15, -0.1) is 0 Å². The lowest BCUT2D eigenvalue weighted by Gasteiger charge is -2.34. The molecule has 2 aliphatic rings. The quantitative estimate of drug-likeness (QED) is 0.758. The summed E-state index contributed by atoms with van der Waals surface area (Å²) in [4.78, 5) is 13.2. The Morgan fingerprint density at radius 3 is 2.70 bits per heavy atom. The molecule has 0 aliphatic carbocycles. The summed E-state index contributed by atoms with van der Waals surface area (Å²) < 4.78 is 39.4. The van der Waals surface area contributed by atoms with Crippen molar-refractivity contribution in [2.24, 2.45) is 5.92 Å². The van der Waals surface area contributed by atoms with Crippen molar-refractivity contribution in [2.45, 2.75) is 31.4 Å². The number of para-hydroxylation sites is 1. The van der Waals surface area contributed by atoms with E-state index in [1.54, 1.807) is 24.3 Å². The highest BCUT2D eigenvalue weighted by molar-refractivity contribution is 6.04. The van der Waals surface area contributed by atoms with Gasteiger partial charge in [0.1, 0.15) is 0 Å². The molecule has 1 fully saturated rings. The summed E-state index contributed by atoms with van der Waals surface area (Å²) in [5.41, 5.74) is -2.19. The van der Waals surface area contributed by atoms with Gasteiger partial charge >= 0.3 is 6.18 Å². The fourth-order valence-electron chi connectivity index (χ4n) is 2.97. The van der Waals surface area contributed by atoms with Gasteiger partial charge in [0.2, 0.25) is 5.60 Å². The van der Waals surface area contributed by atoms with Crippen molar-refractivity contribution in [1.82, 2.24) is 5.32 Å². The lowest BCUT2D eigenvalue weighted by atomic mass is 9.89. The molecule has 0 radical (unpaired) electrons. The standard InChI is InChI=1S/C13H13F3N2O2/c1-7-10-17-6-8-4-2-3-5-9(8)18(10)11(19)12(7,20)13(14,15)16/h2-5,7,10,17,20H,6H2,1H3/t7-,10+,12-/m0/s1. The van der Waals surface area contributed by atoms with Crippen molar-refractivity contribution in [1.29, 1.82) is 0 Å². The summed E-state index contributed by atoms with van der Waals surface area (Å²) in [6.07, 6.45) is -5.86. The Labute approximate surface area is 113 Å². The maximum atomic E-state index is 13.1. The number of carbonyl (C=O) groups excluding carboxylic acids is 1. The summed E-state index contributed by atoms with van der Waals surface area (Å²) >= 11 is 0. The van der Waals surface area contributed by atoms with Gasteiger partial charge < -0.3 is 5.11 Å². The van der Waals surface area contributed by atoms with E-state index in [4.69, 9.17) is 0 Å². The maximum Gasteiger partial charge on any atom is 0.426 e. The molecule has 3 rings (SSSR count). The molecule has 3 atom stereocenters. The normalized spacial score (nSPS) is 33.0. The van der Waals surface area contributed by atoms with E-state index in [2.05, 4.69) is 5.32 Å². The van der Waals surface area contributed by atoms with E-state index < -0.39 is 29.8 Å². The first-order chi connectivity index (χ1) is 9.28. The lowest BCUT2D eigenvalue weighted by Crippen LogP contribution is -2.55. The van der Waals surface area contributed by atoms with Crippen LogP contribution in [-0.4, -0.2) is 29.0 Å². The fourth-order valence-corrected chi connectivity index (χ4v) is 2.97. The minimum Gasteiger partial charge on any atom is -0.372 e. The summed E-state index contributed by atoms with van der Waals surface area (Å²) in [6.45, 7) is 1.60. The van der Waals surface area contributed by atoms with Gasteiger partial charge in [-0.2, -0.15) is 13.2 Å². The van der Waals surface area contributed by atoms with Crippen molar-refractivity contribution in [3.63, 3.8) is 0 Å². The molecule has 2 aliphatic heterocycles. The zero-order valence-electron chi connectivity index (χ0n) is 10.6. The van der Waals surface area contributed by atoms with E-state index in [1.165, 1.54) is 6.92 Å². The van der Waals surface area contributed by atoms with Crippen LogP contribution in [0.15, 0.2) is 24.3 Å². The molecule has 0 bridgehead atoms. The number of nitrogens with one attached hydrogen (secondary N) is 1. The van der Waals surface area contributed by atoms with Gasteiger partial charge in [0.15, 0.2) is 0 Å². The zero-order valence-corrected chi connectivity index (χ0v) is 10.6. The highest BCUT2D eigenvalue weighted by Gasteiger charge is 2.71. The molecule has 2 heterocycles. The number of hydrogen-bond donors (Lipinski definition) is 2. The van der Waals surface area contributed by atoms with E-state index in [1.807, 2.05) is 0 Å². The first kappa shape index (κ1) is 13.4. The molecule has 1 aromatic carbocycles. The molecule has 2 N–H and O–H groups in total. The van der Waals surface area contributed by atoms with Crippen molar-refractivity contribution in [3.8, 4) is 0 Å². The number of aliphatic hydroxyl groups is 1. The Balaban J connectivity index is 2.13. The molecule has 20 heavy (non-hydrogen) atoms. The number of fused-ring (bicyclic) bond motifs is 3. The second kappa shape index (κ2) is 3.95. The maximum absolute atomic E-state index is 13.1. The van der Waals surface area contributed by atoms with Crippen LogP contribution in [0.3, 0.4) is 0 Å². The van der Waals surface area contributed by atoms with E-state index in [-0.39, 0.29) is 0 Å². The van der Waals surface area contributed by atoms with Gasteiger partial charge in [0.25, 0.3) is 5.91 Å². The third kappa shape index (κ3) is 1.47. The highest BCUT2D eigenvalue weighted by Crippen LogP contribution is 2.47. The van der Waals surface area contributed by atoms with Crippen LogP contribution in [0, 0.1) is 5.92 Å². The number of nitrogens with zero attached hydrogens (tertiary/aromatic N) is 1. The number of hydrogen-bond acceptors (Lipinski definition) is 3. The van der Waals surface area contributed by atoms with E-state index in [0.717, 1.165) is 10.5 Å². The Kier molecular flexibility index (Phi) is 2.65. The van der Waals surface area contributed by atoms with Crippen molar-refractivity contribution >= 4 is 11.6 Å². The van der Waals surface area contributed by atoms with Crippen molar-refractivity contribution in [3.05, 3.63) is 29.8 Å². The summed E-state index contributed by atoms with van der Waals surface area (Å²) in [5.74, 6) is -2.61. The third-order valence-corrected chi connectivity index (χ3v) is 4.14. The largest absolute Gasteiger partial charge is 0.426 e. The monoisotopic (exact) mass is 286 g/mol. The van der Waals surface area contributed by atoms with Gasteiger partial charge in [0, 0.05) is 18.2 Å². The first-order valence-corrected chi connectivity index (χ1v) is 6.22. The van der Waals surface area contributed by atoms with Crippen LogP contribution in [0.5, 0.6) is 0 Å². The summed E-state index contributed by atoms with van der Waals surface area (Å²) in [5, 5.41) is 12.9.